The van der Waals surface area contributed by atoms with Crippen LogP contribution >= 0.6 is 0 Å². The molecule has 0 atom stereocenters. The molecule has 0 aliphatic carbocycles. The minimum Gasteiger partial charge on any atom is -0.254 e. The Hall–Kier alpha value is -6.97. The summed E-state index contributed by atoms with van der Waals surface area (Å²) in [6, 6.07) is 59.1. The maximum Gasteiger partial charge on any atom is 0.0970 e. The molecule has 0 aliphatic rings. The number of rotatable bonds is 3. The topological polar surface area (TPSA) is 38.7 Å². The lowest BCUT2D eigenvalue weighted by Gasteiger charge is -2.13. The first-order valence-electron chi connectivity index (χ1n) is 17.7. The van der Waals surface area contributed by atoms with Crippen LogP contribution in [0.2, 0.25) is 0 Å². The van der Waals surface area contributed by atoms with Crippen molar-refractivity contribution in [3.63, 3.8) is 0 Å². The Labute approximate surface area is 299 Å². The van der Waals surface area contributed by atoms with Gasteiger partial charge in [0.25, 0.3) is 0 Å². The summed E-state index contributed by atoms with van der Waals surface area (Å²) in [7, 11) is 0. The smallest absolute Gasteiger partial charge is 0.0970 e. The van der Waals surface area contributed by atoms with Crippen LogP contribution < -0.4 is 0 Å². The Bertz CT molecular complexity index is 3220. The first-order chi connectivity index (χ1) is 25.8. The van der Waals surface area contributed by atoms with Gasteiger partial charge in [0, 0.05) is 44.9 Å². The number of nitrogens with zero attached hydrogens (tertiary/aromatic N) is 3. The minimum atomic E-state index is 0.933. The standard InChI is InChI=1S/C49H29N3/c1-2-8-40-31(6-1)19-24-43-46(40)42-9-3-4-10-45(42)52-47(43)34-15-11-30(12-16-34)35-17-13-32-14-18-36-28-37(21-22-38(36)44(32)29-35)39-25-27-51-49-41(39)23-20-33-7-5-26-50-48(33)49/h1-29H. The Morgan fingerprint density at radius 3 is 1.92 bits per heavy atom. The van der Waals surface area contributed by atoms with Crippen molar-refractivity contribution in [2.45, 2.75) is 0 Å². The molecule has 0 unspecified atom stereocenters. The molecule has 52 heavy (non-hydrogen) atoms. The van der Waals surface area contributed by atoms with Crippen molar-refractivity contribution in [1.82, 2.24) is 15.0 Å². The van der Waals surface area contributed by atoms with E-state index in [0.29, 0.717) is 0 Å². The van der Waals surface area contributed by atoms with Crippen LogP contribution in [0.5, 0.6) is 0 Å². The molecule has 0 aliphatic heterocycles. The monoisotopic (exact) mass is 659 g/mol. The summed E-state index contributed by atoms with van der Waals surface area (Å²) < 4.78 is 0. The number of aromatic nitrogens is 3. The lowest BCUT2D eigenvalue weighted by atomic mass is 9.93. The third-order valence-corrected chi connectivity index (χ3v) is 10.7. The molecule has 3 heterocycles. The Morgan fingerprint density at radius 2 is 0.981 bits per heavy atom. The maximum atomic E-state index is 5.21. The van der Waals surface area contributed by atoms with E-state index in [1.165, 1.54) is 65.2 Å². The first-order valence-corrected chi connectivity index (χ1v) is 17.7. The van der Waals surface area contributed by atoms with Crippen molar-refractivity contribution in [3.8, 4) is 33.5 Å². The Kier molecular flexibility index (Phi) is 6.25. The lowest BCUT2D eigenvalue weighted by molar-refractivity contribution is 1.37. The number of pyridine rings is 3. The summed E-state index contributed by atoms with van der Waals surface area (Å²) in [4.78, 5) is 14.6. The quantitative estimate of drug-likeness (QED) is 0.177. The molecule has 0 spiro atoms. The van der Waals surface area contributed by atoms with E-state index in [9.17, 15) is 0 Å². The maximum absolute atomic E-state index is 5.21. The van der Waals surface area contributed by atoms with E-state index >= 15 is 0 Å². The Balaban J connectivity index is 1.000. The van der Waals surface area contributed by atoms with Crippen molar-refractivity contribution in [2.75, 3.05) is 0 Å². The van der Waals surface area contributed by atoms with E-state index in [1.54, 1.807) is 0 Å². The molecule has 3 nitrogen and oxygen atoms in total. The summed E-state index contributed by atoms with van der Waals surface area (Å²) in [6.07, 6.45) is 3.74. The molecule has 11 rings (SSSR count). The summed E-state index contributed by atoms with van der Waals surface area (Å²) in [6.45, 7) is 0. The van der Waals surface area contributed by atoms with Gasteiger partial charge >= 0.3 is 0 Å². The van der Waals surface area contributed by atoms with Gasteiger partial charge in [0.2, 0.25) is 0 Å². The molecule has 0 saturated carbocycles. The highest BCUT2D eigenvalue weighted by molar-refractivity contribution is 6.22. The van der Waals surface area contributed by atoms with E-state index in [0.717, 1.165) is 44.1 Å². The van der Waals surface area contributed by atoms with E-state index in [-0.39, 0.29) is 0 Å². The number of fused-ring (bicyclic) bond motifs is 11. The summed E-state index contributed by atoms with van der Waals surface area (Å²) in [5.74, 6) is 0. The molecule has 0 bridgehead atoms. The van der Waals surface area contributed by atoms with Crippen LogP contribution in [0, 0.1) is 0 Å². The molecule has 0 N–H and O–H groups in total. The highest BCUT2D eigenvalue weighted by Crippen LogP contribution is 2.39. The fraction of sp³-hybridized carbons (Fsp3) is 0. The van der Waals surface area contributed by atoms with E-state index in [1.807, 2.05) is 18.5 Å². The normalized spacial score (nSPS) is 11.8. The zero-order valence-corrected chi connectivity index (χ0v) is 28.1. The highest BCUT2D eigenvalue weighted by Gasteiger charge is 2.14. The summed E-state index contributed by atoms with van der Waals surface area (Å²) >= 11 is 0. The first kappa shape index (κ1) is 28.8. The zero-order chi connectivity index (χ0) is 34.2. The Morgan fingerprint density at radius 1 is 0.327 bits per heavy atom. The van der Waals surface area contributed by atoms with Crippen LogP contribution in [0.3, 0.4) is 0 Å². The molecule has 11 aromatic rings. The molecule has 3 aromatic heterocycles. The fourth-order valence-corrected chi connectivity index (χ4v) is 8.18. The average molecular weight is 660 g/mol. The molecule has 0 radical (unpaired) electrons. The largest absolute Gasteiger partial charge is 0.254 e. The van der Waals surface area contributed by atoms with E-state index in [2.05, 4.69) is 163 Å². The van der Waals surface area contributed by atoms with Crippen molar-refractivity contribution in [2.24, 2.45) is 0 Å². The molecule has 0 amide bonds. The third-order valence-electron chi connectivity index (χ3n) is 10.7. The van der Waals surface area contributed by atoms with Crippen molar-refractivity contribution in [1.29, 1.82) is 0 Å². The van der Waals surface area contributed by atoms with Gasteiger partial charge < -0.3 is 0 Å². The van der Waals surface area contributed by atoms with Gasteiger partial charge in [-0.3, -0.25) is 9.97 Å². The zero-order valence-electron chi connectivity index (χ0n) is 28.1. The number of benzene rings is 8. The van der Waals surface area contributed by atoms with Crippen molar-refractivity contribution in [3.05, 3.63) is 176 Å². The predicted molar refractivity (Wildman–Crippen MR) is 219 cm³/mol. The number of hydrogen-bond acceptors (Lipinski definition) is 3. The summed E-state index contributed by atoms with van der Waals surface area (Å²) in [5.41, 5.74) is 9.71. The number of para-hydroxylation sites is 1. The van der Waals surface area contributed by atoms with Crippen molar-refractivity contribution >= 4 is 75.8 Å². The van der Waals surface area contributed by atoms with Gasteiger partial charge in [-0.1, -0.05) is 133 Å². The molecule has 8 aromatic carbocycles. The van der Waals surface area contributed by atoms with E-state index < -0.39 is 0 Å². The second-order valence-corrected chi connectivity index (χ2v) is 13.6. The predicted octanol–water partition coefficient (Wildman–Crippen LogP) is 12.9. The van der Waals surface area contributed by atoms with Gasteiger partial charge in [-0.05, 0) is 84.9 Å². The minimum absolute atomic E-state index is 0.933. The van der Waals surface area contributed by atoms with Crippen LogP contribution in [0.15, 0.2) is 176 Å². The SMILES string of the molecule is c1ccc2c(c1)ccc1c(-c3ccc(-c4ccc5ccc6cc(-c7ccnc8c7ccc7cccnc78)ccc6c5c4)cc3)nc3ccccc3c12. The molecule has 240 valence electrons. The van der Waals surface area contributed by atoms with Gasteiger partial charge in [0.05, 0.1) is 22.2 Å². The number of hydrogen-bond donors (Lipinski definition) is 0. The van der Waals surface area contributed by atoms with Gasteiger partial charge in [-0.25, -0.2) is 4.98 Å². The van der Waals surface area contributed by atoms with Crippen LogP contribution in [0.4, 0.5) is 0 Å². The van der Waals surface area contributed by atoms with Crippen LogP contribution in [0.1, 0.15) is 0 Å². The second kappa shape index (κ2) is 11.3. The average Bonchev–Trinajstić information content (AvgIpc) is 3.22. The molecule has 0 saturated heterocycles. The molecular formula is C49H29N3. The summed E-state index contributed by atoms with van der Waals surface area (Å²) in [5, 5.41) is 13.2. The molecular weight excluding hydrogens is 631 g/mol. The van der Waals surface area contributed by atoms with Crippen LogP contribution in [0.25, 0.3) is 109 Å². The van der Waals surface area contributed by atoms with E-state index in [4.69, 9.17) is 9.97 Å². The fourth-order valence-electron chi connectivity index (χ4n) is 8.18. The third kappa shape index (κ3) is 4.43. The van der Waals surface area contributed by atoms with Gasteiger partial charge in [-0.15, -0.1) is 0 Å². The molecule has 3 heteroatoms. The van der Waals surface area contributed by atoms with Crippen LogP contribution in [-0.4, -0.2) is 15.0 Å². The van der Waals surface area contributed by atoms with Crippen LogP contribution in [-0.2, 0) is 0 Å². The molecule has 0 fully saturated rings. The highest BCUT2D eigenvalue weighted by atomic mass is 14.7. The van der Waals surface area contributed by atoms with Gasteiger partial charge in [0.15, 0.2) is 0 Å². The second-order valence-electron chi connectivity index (χ2n) is 13.6. The van der Waals surface area contributed by atoms with Gasteiger partial charge in [-0.2, -0.15) is 0 Å². The lowest BCUT2D eigenvalue weighted by Crippen LogP contribution is -1.91. The van der Waals surface area contributed by atoms with Crippen molar-refractivity contribution < 1.29 is 0 Å². The van der Waals surface area contributed by atoms with Gasteiger partial charge in [0.1, 0.15) is 0 Å².